The van der Waals surface area contributed by atoms with E-state index < -0.39 is 10.0 Å². The van der Waals surface area contributed by atoms with Crippen molar-refractivity contribution in [1.29, 1.82) is 0 Å². The van der Waals surface area contributed by atoms with Crippen LogP contribution in [0.2, 0.25) is 5.02 Å². The number of benzene rings is 2. The van der Waals surface area contributed by atoms with E-state index in [0.717, 1.165) is 17.4 Å². The van der Waals surface area contributed by atoms with Crippen molar-refractivity contribution in [1.82, 2.24) is 0 Å². The van der Waals surface area contributed by atoms with E-state index >= 15 is 0 Å². The van der Waals surface area contributed by atoms with Gasteiger partial charge in [-0.2, -0.15) is 0 Å². The molecule has 0 saturated carbocycles. The van der Waals surface area contributed by atoms with Crippen molar-refractivity contribution in [3.8, 4) is 0 Å². The van der Waals surface area contributed by atoms with E-state index in [0.29, 0.717) is 11.4 Å². The Balaban J connectivity index is 2.20. The van der Waals surface area contributed by atoms with E-state index in [9.17, 15) is 13.2 Å². The molecule has 0 radical (unpaired) electrons. The summed E-state index contributed by atoms with van der Waals surface area (Å²) in [5.74, 6) is -0.357. The smallest absolute Gasteiger partial charge is 0.257 e. The van der Waals surface area contributed by atoms with Gasteiger partial charge >= 0.3 is 0 Å². The molecule has 0 aliphatic rings. The Morgan fingerprint density at radius 1 is 1.00 bits per heavy atom. The van der Waals surface area contributed by atoms with Gasteiger partial charge < -0.3 is 5.32 Å². The van der Waals surface area contributed by atoms with Crippen LogP contribution in [0.25, 0.3) is 0 Å². The summed E-state index contributed by atoms with van der Waals surface area (Å²) in [6.07, 6.45) is 1.04. The fraction of sp³-hybridized carbons (Fsp3) is 0.188. The van der Waals surface area contributed by atoms with E-state index in [4.69, 9.17) is 11.6 Å². The minimum atomic E-state index is -3.39. The maximum atomic E-state index is 12.3. The predicted molar refractivity (Wildman–Crippen MR) is 93.8 cm³/mol. The molecule has 0 atom stereocenters. The number of anilines is 2. The number of hydrogen-bond donors (Lipinski definition) is 2. The number of hydrogen-bond acceptors (Lipinski definition) is 3. The Kier molecular flexibility index (Phi) is 4.97. The lowest BCUT2D eigenvalue weighted by Gasteiger charge is -2.10. The Morgan fingerprint density at radius 3 is 2.22 bits per heavy atom. The highest BCUT2D eigenvalue weighted by Crippen LogP contribution is 2.23. The second-order valence-electron chi connectivity index (χ2n) is 5.32. The molecule has 0 unspecified atom stereocenters. The lowest BCUT2D eigenvalue weighted by Crippen LogP contribution is -2.14. The van der Waals surface area contributed by atoms with Crippen molar-refractivity contribution in [3.63, 3.8) is 0 Å². The Bertz CT molecular complexity index is 864. The van der Waals surface area contributed by atoms with Gasteiger partial charge in [-0.1, -0.05) is 17.7 Å². The lowest BCUT2D eigenvalue weighted by atomic mass is 10.1. The number of halogens is 1. The molecule has 122 valence electrons. The normalized spacial score (nSPS) is 11.1. The standard InChI is InChI=1S/C16H17ClN2O3S/c1-10-4-5-12(8-11(10)2)18-16(20)14-7-6-13(9-15(14)17)19-23(3,21)22/h4-9,19H,1-3H3,(H,18,20). The molecule has 0 fully saturated rings. The van der Waals surface area contributed by atoms with Gasteiger partial charge in [-0.15, -0.1) is 0 Å². The van der Waals surface area contributed by atoms with Crippen molar-refractivity contribution in [2.45, 2.75) is 13.8 Å². The zero-order valence-electron chi connectivity index (χ0n) is 13.0. The van der Waals surface area contributed by atoms with Crippen LogP contribution in [0.1, 0.15) is 21.5 Å². The van der Waals surface area contributed by atoms with Crippen molar-refractivity contribution in [2.75, 3.05) is 16.3 Å². The van der Waals surface area contributed by atoms with Crippen LogP contribution in [0, 0.1) is 13.8 Å². The molecule has 0 bridgehead atoms. The van der Waals surface area contributed by atoms with Crippen molar-refractivity contribution in [3.05, 3.63) is 58.1 Å². The molecule has 0 aromatic heterocycles. The van der Waals surface area contributed by atoms with Crippen LogP contribution in [0.5, 0.6) is 0 Å². The van der Waals surface area contributed by atoms with Gasteiger partial charge in [-0.05, 0) is 55.3 Å². The van der Waals surface area contributed by atoms with Crippen molar-refractivity contribution >= 4 is 38.9 Å². The molecule has 2 aromatic carbocycles. The average molecular weight is 353 g/mol. The summed E-state index contributed by atoms with van der Waals surface area (Å²) < 4.78 is 24.7. The van der Waals surface area contributed by atoms with E-state index in [1.54, 1.807) is 0 Å². The van der Waals surface area contributed by atoms with Crippen LogP contribution < -0.4 is 10.0 Å². The molecule has 0 aliphatic carbocycles. The first kappa shape index (κ1) is 17.3. The van der Waals surface area contributed by atoms with Crippen LogP contribution in [-0.2, 0) is 10.0 Å². The first-order valence-corrected chi connectivity index (χ1v) is 9.08. The summed E-state index contributed by atoms with van der Waals surface area (Å²) in [6.45, 7) is 3.95. The monoisotopic (exact) mass is 352 g/mol. The summed E-state index contributed by atoms with van der Waals surface area (Å²) in [5, 5.41) is 2.94. The van der Waals surface area contributed by atoms with Gasteiger partial charge in [0.15, 0.2) is 0 Å². The molecular formula is C16H17ClN2O3S. The van der Waals surface area contributed by atoms with Crippen LogP contribution >= 0.6 is 11.6 Å². The molecule has 0 saturated heterocycles. The quantitative estimate of drug-likeness (QED) is 0.883. The fourth-order valence-electron chi connectivity index (χ4n) is 1.99. The number of amides is 1. The largest absolute Gasteiger partial charge is 0.322 e. The maximum Gasteiger partial charge on any atom is 0.257 e. The molecule has 1 amide bonds. The second kappa shape index (κ2) is 6.60. The summed E-state index contributed by atoms with van der Waals surface area (Å²) in [5.41, 5.74) is 3.45. The number of carbonyl (C=O) groups excluding carboxylic acids is 1. The molecule has 2 aromatic rings. The highest BCUT2D eigenvalue weighted by molar-refractivity contribution is 7.92. The molecule has 5 nitrogen and oxygen atoms in total. The van der Waals surface area contributed by atoms with Gasteiger partial charge in [0, 0.05) is 11.4 Å². The minimum absolute atomic E-state index is 0.167. The third-order valence-electron chi connectivity index (χ3n) is 3.28. The Hall–Kier alpha value is -2.05. The minimum Gasteiger partial charge on any atom is -0.322 e. The summed E-state index contributed by atoms with van der Waals surface area (Å²) >= 11 is 6.08. The molecule has 7 heteroatoms. The van der Waals surface area contributed by atoms with Crippen LogP contribution in [0.15, 0.2) is 36.4 Å². The second-order valence-corrected chi connectivity index (χ2v) is 7.48. The number of sulfonamides is 1. The molecular weight excluding hydrogens is 336 g/mol. The van der Waals surface area contributed by atoms with E-state index in [2.05, 4.69) is 10.0 Å². The number of aryl methyl sites for hydroxylation is 2. The highest BCUT2D eigenvalue weighted by atomic mass is 35.5. The highest BCUT2D eigenvalue weighted by Gasteiger charge is 2.12. The van der Waals surface area contributed by atoms with Crippen LogP contribution in [0.4, 0.5) is 11.4 Å². The molecule has 2 N–H and O–H groups in total. The first-order valence-electron chi connectivity index (χ1n) is 6.81. The average Bonchev–Trinajstić information content (AvgIpc) is 2.41. The Morgan fingerprint density at radius 2 is 1.65 bits per heavy atom. The summed E-state index contributed by atoms with van der Waals surface area (Å²) in [4.78, 5) is 12.3. The van der Waals surface area contributed by atoms with Gasteiger partial charge in [0.05, 0.1) is 16.8 Å². The van der Waals surface area contributed by atoms with E-state index in [1.165, 1.54) is 18.2 Å². The van der Waals surface area contributed by atoms with Gasteiger partial charge in [-0.3, -0.25) is 9.52 Å². The first-order chi connectivity index (χ1) is 10.7. The van der Waals surface area contributed by atoms with Gasteiger partial charge in [0.1, 0.15) is 0 Å². The predicted octanol–water partition coefficient (Wildman–Crippen LogP) is 3.58. The number of carbonyl (C=O) groups is 1. The number of nitrogens with one attached hydrogen (secondary N) is 2. The SMILES string of the molecule is Cc1ccc(NC(=O)c2ccc(NS(C)(=O)=O)cc2Cl)cc1C. The Labute approximate surface area is 140 Å². The van der Waals surface area contributed by atoms with Gasteiger partial charge in [0.2, 0.25) is 10.0 Å². The van der Waals surface area contributed by atoms with Crippen molar-refractivity contribution < 1.29 is 13.2 Å². The fourth-order valence-corrected chi connectivity index (χ4v) is 2.82. The van der Waals surface area contributed by atoms with Gasteiger partial charge in [-0.25, -0.2) is 8.42 Å². The van der Waals surface area contributed by atoms with Gasteiger partial charge in [0.25, 0.3) is 5.91 Å². The molecule has 23 heavy (non-hydrogen) atoms. The van der Waals surface area contributed by atoms with E-state index in [1.807, 2.05) is 32.0 Å². The van der Waals surface area contributed by atoms with E-state index in [-0.39, 0.29) is 16.5 Å². The summed E-state index contributed by atoms with van der Waals surface area (Å²) in [7, 11) is -3.39. The summed E-state index contributed by atoms with van der Waals surface area (Å²) in [6, 6.07) is 9.98. The zero-order valence-corrected chi connectivity index (χ0v) is 14.5. The topological polar surface area (TPSA) is 75.3 Å². The third kappa shape index (κ3) is 4.71. The molecule has 0 heterocycles. The number of rotatable bonds is 4. The molecule has 2 rings (SSSR count). The maximum absolute atomic E-state index is 12.3. The molecule has 0 spiro atoms. The zero-order chi connectivity index (χ0) is 17.2. The lowest BCUT2D eigenvalue weighted by molar-refractivity contribution is 0.102. The molecule has 0 aliphatic heterocycles. The van der Waals surface area contributed by atoms with Crippen molar-refractivity contribution in [2.24, 2.45) is 0 Å². The van der Waals surface area contributed by atoms with Crippen LogP contribution in [0.3, 0.4) is 0 Å². The van der Waals surface area contributed by atoms with Crippen LogP contribution in [-0.4, -0.2) is 20.6 Å². The third-order valence-corrected chi connectivity index (χ3v) is 4.20.